The second-order valence-electron chi connectivity index (χ2n) is 7.83. The molecule has 2 saturated heterocycles. The van der Waals surface area contributed by atoms with Gasteiger partial charge in [0.25, 0.3) is 0 Å². The molecule has 0 aliphatic carbocycles. The number of guanidine groups is 1. The van der Waals surface area contributed by atoms with Crippen LogP contribution in [0, 0.1) is 19.8 Å². The van der Waals surface area contributed by atoms with Crippen LogP contribution in [-0.4, -0.2) is 62.1 Å². The first kappa shape index (κ1) is 18.2. The van der Waals surface area contributed by atoms with Gasteiger partial charge >= 0.3 is 0 Å². The summed E-state index contributed by atoms with van der Waals surface area (Å²) in [5, 5.41) is 3.58. The van der Waals surface area contributed by atoms with Crippen molar-refractivity contribution in [1.82, 2.24) is 15.1 Å². The first-order valence-corrected chi connectivity index (χ1v) is 9.89. The molecule has 1 N–H and O–H groups in total. The highest BCUT2D eigenvalue weighted by Gasteiger charge is 2.27. The van der Waals surface area contributed by atoms with E-state index in [0.29, 0.717) is 0 Å². The molecule has 25 heavy (non-hydrogen) atoms. The lowest BCUT2D eigenvalue weighted by Crippen LogP contribution is -2.41. The third-order valence-electron chi connectivity index (χ3n) is 5.49. The summed E-state index contributed by atoms with van der Waals surface area (Å²) in [5.74, 6) is 1.88. The highest BCUT2D eigenvalue weighted by atomic mass is 15.3. The molecule has 1 aromatic carbocycles. The maximum Gasteiger partial charge on any atom is 0.193 e. The molecule has 4 nitrogen and oxygen atoms in total. The monoisotopic (exact) mass is 342 g/mol. The van der Waals surface area contributed by atoms with Crippen molar-refractivity contribution in [2.75, 3.05) is 46.3 Å². The number of rotatable bonds is 5. The average Bonchev–Trinajstić information content (AvgIpc) is 3.23. The predicted molar refractivity (Wildman–Crippen MR) is 106 cm³/mol. The van der Waals surface area contributed by atoms with Crippen LogP contribution in [0.1, 0.15) is 36.0 Å². The molecular weight excluding hydrogens is 308 g/mol. The van der Waals surface area contributed by atoms with Crippen LogP contribution < -0.4 is 5.32 Å². The second kappa shape index (κ2) is 8.70. The van der Waals surface area contributed by atoms with E-state index in [4.69, 9.17) is 0 Å². The number of aryl methyl sites for hydroxylation is 2. The Balaban J connectivity index is 1.44. The molecule has 4 heteroatoms. The minimum absolute atomic E-state index is 0.802. The lowest BCUT2D eigenvalue weighted by molar-refractivity contribution is 0.281. The quantitative estimate of drug-likeness (QED) is 0.659. The highest BCUT2D eigenvalue weighted by molar-refractivity contribution is 5.80. The second-order valence-corrected chi connectivity index (χ2v) is 7.83. The number of benzene rings is 1. The van der Waals surface area contributed by atoms with E-state index < -0.39 is 0 Å². The van der Waals surface area contributed by atoms with Crippen LogP contribution in [0.15, 0.2) is 23.2 Å². The van der Waals surface area contributed by atoms with E-state index >= 15 is 0 Å². The van der Waals surface area contributed by atoms with Gasteiger partial charge in [0.2, 0.25) is 0 Å². The number of likely N-dealkylation sites (tertiary alicyclic amines) is 2. The van der Waals surface area contributed by atoms with E-state index in [1.165, 1.54) is 55.6 Å². The first-order valence-electron chi connectivity index (χ1n) is 9.89. The van der Waals surface area contributed by atoms with Gasteiger partial charge in [-0.3, -0.25) is 4.99 Å². The normalized spacial score (nSPS) is 22.0. The molecule has 2 aliphatic heterocycles. The van der Waals surface area contributed by atoms with Crippen molar-refractivity contribution in [2.45, 2.75) is 39.5 Å². The number of nitrogens with zero attached hydrogens (tertiary/aromatic N) is 3. The van der Waals surface area contributed by atoms with Crippen LogP contribution in [0.3, 0.4) is 0 Å². The smallest absolute Gasteiger partial charge is 0.193 e. The van der Waals surface area contributed by atoms with Gasteiger partial charge in [0, 0.05) is 33.2 Å². The molecule has 1 atom stereocenters. The van der Waals surface area contributed by atoms with E-state index in [2.05, 4.69) is 52.2 Å². The summed E-state index contributed by atoms with van der Waals surface area (Å²) in [4.78, 5) is 9.61. The maximum absolute atomic E-state index is 4.52. The molecule has 2 heterocycles. The summed E-state index contributed by atoms with van der Waals surface area (Å²) in [6.07, 6.45) is 5.12. The molecule has 0 aromatic heterocycles. The van der Waals surface area contributed by atoms with Gasteiger partial charge in [0.05, 0.1) is 0 Å². The van der Waals surface area contributed by atoms with E-state index in [-0.39, 0.29) is 0 Å². The maximum atomic E-state index is 4.52. The van der Waals surface area contributed by atoms with Crippen LogP contribution in [0.5, 0.6) is 0 Å². The Morgan fingerprint density at radius 2 is 1.84 bits per heavy atom. The van der Waals surface area contributed by atoms with Crippen LogP contribution >= 0.6 is 0 Å². The van der Waals surface area contributed by atoms with Gasteiger partial charge in [-0.25, -0.2) is 0 Å². The summed E-state index contributed by atoms with van der Waals surface area (Å²) >= 11 is 0. The van der Waals surface area contributed by atoms with Crippen LogP contribution in [0.2, 0.25) is 0 Å². The molecular formula is C21H34N4. The van der Waals surface area contributed by atoms with E-state index in [0.717, 1.165) is 37.9 Å². The zero-order valence-electron chi connectivity index (χ0n) is 16.2. The fourth-order valence-electron chi connectivity index (χ4n) is 4.37. The topological polar surface area (TPSA) is 30.9 Å². The zero-order valence-corrected chi connectivity index (χ0v) is 16.2. The third-order valence-corrected chi connectivity index (χ3v) is 5.49. The van der Waals surface area contributed by atoms with Gasteiger partial charge in [-0.15, -0.1) is 0 Å². The average molecular weight is 343 g/mol. The SMILES string of the molecule is CN=C(NCCc1cc(C)cc(C)c1)N1CCC(CN2CCCC2)C1. The number of aliphatic imine (C=N–C) groups is 1. The Morgan fingerprint density at radius 3 is 2.52 bits per heavy atom. The number of nitrogens with one attached hydrogen (secondary N) is 1. The minimum atomic E-state index is 0.802. The molecule has 1 aromatic rings. The fourth-order valence-corrected chi connectivity index (χ4v) is 4.37. The van der Waals surface area contributed by atoms with Crippen molar-refractivity contribution in [3.05, 3.63) is 34.9 Å². The lowest BCUT2D eigenvalue weighted by atomic mass is 10.1. The molecule has 0 saturated carbocycles. The Labute approximate surface area is 153 Å². The van der Waals surface area contributed by atoms with Gasteiger partial charge in [-0.2, -0.15) is 0 Å². The Bertz CT molecular complexity index is 569. The highest BCUT2D eigenvalue weighted by Crippen LogP contribution is 2.20. The van der Waals surface area contributed by atoms with Crippen molar-refractivity contribution in [2.24, 2.45) is 10.9 Å². The Morgan fingerprint density at radius 1 is 1.12 bits per heavy atom. The van der Waals surface area contributed by atoms with Crippen LogP contribution in [-0.2, 0) is 6.42 Å². The summed E-state index contributed by atoms with van der Waals surface area (Å²) in [6.45, 7) is 11.5. The van der Waals surface area contributed by atoms with Crippen LogP contribution in [0.4, 0.5) is 0 Å². The Kier molecular flexibility index (Phi) is 6.35. The summed E-state index contributed by atoms with van der Waals surface area (Å²) in [7, 11) is 1.91. The molecule has 0 amide bonds. The molecule has 0 spiro atoms. The lowest BCUT2D eigenvalue weighted by Gasteiger charge is -2.23. The molecule has 3 rings (SSSR count). The van der Waals surface area contributed by atoms with Gasteiger partial charge in [0.15, 0.2) is 5.96 Å². The summed E-state index contributed by atoms with van der Waals surface area (Å²) in [5.41, 5.74) is 4.11. The largest absolute Gasteiger partial charge is 0.356 e. The van der Waals surface area contributed by atoms with Gasteiger partial charge in [-0.05, 0) is 64.1 Å². The van der Waals surface area contributed by atoms with Crippen molar-refractivity contribution >= 4 is 5.96 Å². The Hall–Kier alpha value is -1.55. The number of hydrogen-bond donors (Lipinski definition) is 1. The predicted octanol–water partition coefficient (Wildman–Crippen LogP) is 2.84. The third kappa shape index (κ3) is 5.21. The van der Waals surface area contributed by atoms with Crippen molar-refractivity contribution < 1.29 is 0 Å². The number of hydrogen-bond acceptors (Lipinski definition) is 2. The van der Waals surface area contributed by atoms with Gasteiger partial charge < -0.3 is 15.1 Å². The standard InChI is InChI=1S/C21H34N4/c1-17-12-18(2)14-19(13-17)6-8-23-21(22-3)25-11-7-20(16-25)15-24-9-4-5-10-24/h12-14,20H,4-11,15-16H2,1-3H3,(H,22,23). The molecule has 1 unspecified atom stereocenters. The van der Waals surface area contributed by atoms with Gasteiger partial charge in [-0.1, -0.05) is 29.3 Å². The first-order chi connectivity index (χ1) is 12.1. The van der Waals surface area contributed by atoms with Crippen molar-refractivity contribution in [3.63, 3.8) is 0 Å². The minimum Gasteiger partial charge on any atom is -0.356 e. The summed E-state index contributed by atoms with van der Waals surface area (Å²) in [6, 6.07) is 6.82. The van der Waals surface area contributed by atoms with E-state index in [9.17, 15) is 0 Å². The molecule has 138 valence electrons. The molecule has 0 radical (unpaired) electrons. The van der Waals surface area contributed by atoms with Gasteiger partial charge in [0.1, 0.15) is 0 Å². The van der Waals surface area contributed by atoms with Crippen LogP contribution in [0.25, 0.3) is 0 Å². The molecule has 2 aliphatic rings. The summed E-state index contributed by atoms with van der Waals surface area (Å²) < 4.78 is 0. The molecule has 2 fully saturated rings. The van der Waals surface area contributed by atoms with Crippen molar-refractivity contribution in [3.8, 4) is 0 Å². The zero-order chi connectivity index (χ0) is 17.6. The van der Waals surface area contributed by atoms with E-state index in [1.54, 1.807) is 0 Å². The molecule has 0 bridgehead atoms. The van der Waals surface area contributed by atoms with E-state index in [1.807, 2.05) is 7.05 Å². The fraction of sp³-hybridized carbons (Fsp3) is 0.667. The van der Waals surface area contributed by atoms with Crippen molar-refractivity contribution in [1.29, 1.82) is 0 Å².